The van der Waals surface area contributed by atoms with Gasteiger partial charge in [0.2, 0.25) is 0 Å². The number of anilines is 2. The Morgan fingerprint density at radius 1 is 1.24 bits per heavy atom. The smallest absolute Gasteiger partial charge is 0.411 e. The quantitative estimate of drug-likeness (QED) is 0.806. The van der Waals surface area contributed by atoms with Crippen LogP contribution in [-0.2, 0) is 11.3 Å². The lowest BCUT2D eigenvalue weighted by molar-refractivity contribution is 0.187. The highest BCUT2D eigenvalue weighted by Gasteiger charge is 2.03. The molecule has 1 amide bonds. The summed E-state index contributed by atoms with van der Waals surface area (Å²) in [4.78, 5) is 11.2. The molecule has 0 spiro atoms. The molecule has 0 fully saturated rings. The second kappa shape index (κ2) is 7.33. The van der Waals surface area contributed by atoms with Crippen LogP contribution in [0.3, 0.4) is 0 Å². The second-order valence-corrected chi connectivity index (χ2v) is 5.61. The lowest BCUT2D eigenvalue weighted by Gasteiger charge is -2.10. The first kappa shape index (κ1) is 15.7. The van der Waals surface area contributed by atoms with Gasteiger partial charge >= 0.3 is 6.09 Å². The first-order valence-corrected chi connectivity index (χ1v) is 7.38. The number of hydrogen-bond acceptors (Lipinski definition) is 3. The van der Waals surface area contributed by atoms with Gasteiger partial charge in [0.25, 0.3) is 0 Å². The van der Waals surface area contributed by atoms with Gasteiger partial charge in [-0.05, 0) is 42.0 Å². The monoisotopic (exact) mass is 368 g/mol. The Bertz CT molecular complexity index is 649. The van der Waals surface area contributed by atoms with E-state index in [-0.39, 0.29) is 0 Å². The predicted molar refractivity (Wildman–Crippen MR) is 88.9 cm³/mol. The summed E-state index contributed by atoms with van der Waals surface area (Å²) in [6, 6.07) is 13.1. The molecular formula is C15H14BrClN2O2. The maximum Gasteiger partial charge on any atom is 0.411 e. The molecule has 2 aromatic carbocycles. The number of amides is 1. The van der Waals surface area contributed by atoms with Gasteiger partial charge in [-0.1, -0.05) is 33.6 Å². The molecule has 2 aromatic rings. The minimum absolute atomic E-state index is 0.498. The highest BCUT2D eigenvalue weighted by Crippen LogP contribution is 2.23. The molecule has 0 aliphatic heterocycles. The summed E-state index contributed by atoms with van der Waals surface area (Å²) in [6.07, 6.45) is -0.498. The van der Waals surface area contributed by atoms with E-state index in [1.165, 1.54) is 7.11 Å². The molecule has 0 heterocycles. The van der Waals surface area contributed by atoms with E-state index in [0.29, 0.717) is 17.3 Å². The van der Waals surface area contributed by atoms with Gasteiger partial charge in [-0.2, -0.15) is 0 Å². The molecule has 110 valence electrons. The summed E-state index contributed by atoms with van der Waals surface area (Å²) in [5.41, 5.74) is 2.52. The van der Waals surface area contributed by atoms with E-state index in [4.69, 9.17) is 11.6 Å². The third-order valence-electron chi connectivity index (χ3n) is 2.79. The fraction of sp³-hybridized carbons (Fsp3) is 0.133. The Balaban J connectivity index is 2.04. The fourth-order valence-corrected chi connectivity index (χ4v) is 2.34. The lowest BCUT2D eigenvalue weighted by Crippen LogP contribution is -2.11. The molecule has 0 saturated heterocycles. The van der Waals surface area contributed by atoms with Crippen LogP contribution < -0.4 is 10.6 Å². The van der Waals surface area contributed by atoms with Crippen molar-refractivity contribution in [2.75, 3.05) is 17.7 Å². The van der Waals surface area contributed by atoms with E-state index in [0.717, 1.165) is 15.7 Å². The molecule has 0 aliphatic rings. The number of benzene rings is 2. The van der Waals surface area contributed by atoms with Crippen molar-refractivity contribution in [1.82, 2.24) is 0 Å². The highest BCUT2D eigenvalue weighted by molar-refractivity contribution is 9.10. The molecule has 0 unspecified atom stereocenters. The molecule has 0 radical (unpaired) electrons. The summed E-state index contributed by atoms with van der Waals surface area (Å²) >= 11 is 9.57. The molecule has 21 heavy (non-hydrogen) atoms. The van der Waals surface area contributed by atoms with E-state index in [1.54, 1.807) is 6.07 Å². The van der Waals surface area contributed by atoms with Crippen molar-refractivity contribution < 1.29 is 9.53 Å². The van der Waals surface area contributed by atoms with Crippen molar-refractivity contribution in [2.45, 2.75) is 6.54 Å². The second-order valence-electron chi connectivity index (χ2n) is 4.29. The Kier molecular flexibility index (Phi) is 5.47. The lowest BCUT2D eigenvalue weighted by atomic mass is 10.2. The number of carbonyl (C=O) groups excluding carboxylic acids is 1. The zero-order valence-electron chi connectivity index (χ0n) is 11.3. The Labute approximate surface area is 136 Å². The van der Waals surface area contributed by atoms with E-state index in [2.05, 4.69) is 31.3 Å². The predicted octanol–water partition coefficient (Wildman–Crippen LogP) is 4.89. The molecule has 4 nitrogen and oxygen atoms in total. The van der Waals surface area contributed by atoms with Crippen LogP contribution in [0.5, 0.6) is 0 Å². The normalized spacial score (nSPS) is 10.0. The summed E-state index contributed by atoms with van der Waals surface area (Å²) in [5, 5.41) is 6.58. The molecule has 0 aliphatic carbocycles. The van der Waals surface area contributed by atoms with Gasteiger partial charge in [-0.25, -0.2) is 4.79 Å². The van der Waals surface area contributed by atoms with Gasteiger partial charge in [-0.3, -0.25) is 5.32 Å². The minimum atomic E-state index is -0.498. The van der Waals surface area contributed by atoms with Gasteiger partial charge in [0, 0.05) is 27.4 Å². The van der Waals surface area contributed by atoms with Crippen LogP contribution in [0.2, 0.25) is 5.02 Å². The first-order chi connectivity index (χ1) is 10.1. The molecule has 6 heteroatoms. The Morgan fingerprint density at radius 2 is 2.00 bits per heavy atom. The van der Waals surface area contributed by atoms with E-state index in [9.17, 15) is 4.79 Å². The average Bonchev–Trinajstić information content (AvgIpc) is 2.48. The van der Waals surface area contributed by atoms with Crippen molar-refractivity contribution >= 4 is 45.0 Å². The summed E-state index contributed by atoms with van der Waals surface area (Å²) in [6.45, 7) is 0.583. The Morgan fingerprint density at radius 3 is 2.76 bits per heavy atom. The molecule has 0 bridgehead atoms. The molecule has 0 atom stereocenters. The summed E-state index contributed by atoms with van der Waals surface area (Å²) in [5.74, 6) is 0. The van der Waals surface area contributed by atoms with Crippen molar-refractivity contribution in [2.24, 2.45) is 0 Å². The number of halogens is 2. The highest BCUT2D eigenvalue weighted by atomic mass is 79.9. The van der Waals surface area contributed by atoms with Crippen LogP contribution in [-0.4, -0.2) is 13.2 Å². The molecule has 2 rings (SSSR count). The van der Waals surface area contributed by atoms with Gasteiger partial charge in [-0.15, -0.1) is 0 Å². The standard InChI is InChI=1S/C15H14BrClN2O2/c1-21-15(20)19-13-4-2-3-12(8-13)18-9-10-7-11(16)5-6-14(10)17/h2-8,18H,9H2,1H3,(H,19,20). The maximum atomic E-state index is 11.2. The number of carbonyl (C=O) groups is 1. The molecular weight excluding hydrogens is 356 g/mol. The third-order valence-corrected chi connectivity index (χ3v) is 3.65. The number of hydrogen-bond donors (Lipinski definition) is 2. The minimum Gasteiger partial charge on any atom is -0.453 e. The van der Waals surface area contributed by atoms with E-state index < -0.39 is 6.09 Å². The summed E-state index contributed by atoms with van der Waals surface area (Å²) < 4.78 is 5.54. The largest absolute Gasteiger partial charge is 0.453 e. The van der Waals surface area contributed by atoms with Gasteiger partial charge in [0.05, 0.1) is 7.11 Å². The topological polar surface area (TPSA) is 50.4 Å². The van der Waals surface area contributed by atoms with Gasteiger partial charge in [0.1, 0.15) is 0 Å². The van der Waals surface area contributed by atoms with E-state index in [1.807, 2.05) is 36.4 Å². The van der Waals surface area contributed by atoms with Crippen LogP contribution in [0.1, 0.15) is 5.56 Å². The van der Waals surface area contributed by atoms with Crippen LogP contribution in [0.4, 0.5) is 16.2 Å². The SMILES string of the molecule is COC(=O)Nc1cccc(NCc2cc(Br)ccc2Cl)c1. The fourth-order valence-electron chi connectivity index (χ4n) is 1.75. The number of methoxy groups -OCH3 is 1. The molecule has 0 saturated carbocycles. The molecule has 2 N–H and O–H groups in total. The van der Waals surface area contributed by atoms with Gasteiger partial charge in [0.15, 0.2) is 0 Å². The maximum absolute atomic E-state index is 11.2. The zero-order valence-corrected chi connectivity index (χ0v) is 13.7. The van der Waals surface area contributed by atoms with Crippen molar-refractivity contribution in [3.63, 3.8) is 0 Å². The van der Waals surface area contributed by atoms with Gasteiger partial charge < -0.3 is 10.1 Å². The van der Waals surface area contributed by atoms with Crippen molar-refractivity contribution in [3.8, 4) is 0 Å². The van der Waals surface area contributed by atoms with Crippen molar-refractivity contribution in [3.05, 3.63) is 57.5 Å². The zero-order chi connectivity index (χ0) is 15.2. The van der Waals surface area contributed by atoms with Crippen LogP contribution in [0.15, 0.2) is 46.9 Å². The van der Waals surface area contributed by atoms with E-state index >= 15 is 0 Å². The number of rotatable bonds is 4. The van der Waals surface area contributed by atoms with Crippen LogP contribution >= 0.6 is 27.5 Å². The van der Waals surface area contributed by atoms with Crippen LogP contribution in [0.25, 0.3) is 0 Å². The number of nitrogens with one attached hydrogen (secondary N) is 2. The number of ether oxygens (including phenoxy) is 1. The van der Waals surface area contributed by atoms with Crippen molar-refractivity contribution in [1.29, 1.82) is 0 Å². The summed E-state index contributed by atoms with van der Waals surface area (Å²) in [7, 11) is 1.33. The third kappa shape index (κ3) is 4.65. The molecule has 0 aromatic heterocycles. The first-order valence-electron chi connectivity index (χ1n) is 6.21. The average molecular weight is 370 g/mol. The van der Waals surface area contributed by atoms with Crippen LogP contribution in [0, 0.1) is 0 Å². The Hall–Kier alpha value is -1.72.